The van der Waals surface area contributed by atoms with Gasteiger partial charge < -0.3 is 5.73 Å². The van der Waals surface area contributed by atoms with E-state index in [9.17, 15) is 8.78 Å². The van der Waals surface area contributed by atoms with Crippen LogP contribution in [0, 0.1) is 6.92 Å². The molecular weight excluding hydrogens is 186 g/mol. The molecule has 0 amide bonds. The van der Waals surface area contributed by atoms with Gasteiger partial charge in [0.05, 0.1) is 10.6 Å². The van der Waals surface area contributed by atoms with E-state index in [4.69, 9.17) is 17.3 Å². The molecule has 0 aliphatic carbocycles. The minimum atomic E-state index is -2.68. The summed E-state index contributed by atoms with van der Waals surface area (Å²) < 4.78 is 24.4. The Bertz CT molecular complexity index is 278. The van der Waals surface area contributed by atoms with Crippen molar-refractivity contribution in [2.45, 2.75) is 13.3 Å². The fourth-order valence-corrected chi connectivity index (χ4v) is 1.22. The van der Waals surface area contributed by atoms with E-state index in [1.54, 1.807) is 6.92 Å². The number of nitrogens with zero attached hydrogens (tertiary/aromatic N) is 1. The molecule has 2 nitrogen and oxygen atoms in total. The van der Waals surface area contributed by atoms with Gasteiger partial charge in [-0.25, -0.2) is 13.8 Å². The zero-order chi connectivity index (χ0) is 9.30. The number of halogens is 3. The highest BCUT2D eigenvalue weighted by atomic mass is 35.5. The molecule has 0 saturated heterocycles. The molecule has 0 radical (unpaired) electrons. The second-order valence-electron chi connectivity index (χ2n) is 2.35. The Morgan fingerprint density at radius 3 is 2.58 bits per heavy atom. The molecule has 0 spiro atoms. The molecule has 66 valence electrons. The van der Waals surface area contributed by atoms with Gasteiger partial charge in [-0.2, -0.15) is 0 Å². The SMILES string of the molecule is Cc1cc(Cl)c(C(F)F)c(N)n1. The van der Waals surface area contributed by atoms with Crippen LogP contribution >= 0.6 is 11.6 Å². The van der Waals surface area contributed by atoms with E-state index < -0.39 is 6.43 Å². The molecule has 1 aromatic heterocycles. The van der Waals surface area contributed by atoms with Gasteiger partial charge in [0.1, 0.15) is 5.82 Å². The highest BCUT2D eigenvalue weighted by Crippen LogP contribution is 2.31. The van der Waals surface area contributed by atoms with Gasteiger partial charge in [-0.1, -0.05) is 11.6 Å². The number of hydrogen-bond acceptors (Lipinski definition) is 2. The summed E-state index contributed by atoms with van der Waals surface area (Å²) in [5.41, 5.74) is 5.39. The van der Waals surface area contributed by atoms with Gasteiger partial charge in [0.15, 0.2) is 0 Å². The second kappa shape index (κ2) is 3.23. The van der Waals surface area contributed by atoms with Gasteiger partial charge in [-0.3, -0.25) is 0 Å². The average Bonchev–Trinajstić information content (AvgIpc) is 1.82. The summed E-state index contributed by atoms with van der Waals surface area (Å²) in [7, 11) is 0. The maximum absolute atomic E-state index is 12.2. The second-order valence-corrected chi connectivity index (χ2v) is 2.75. The average molecular weight is 193 g/mol. The molecule has 1 rings (SSSR count). The lowest BCUT2D eigenvalue weighted by Crippen LogP contribution is -2.00. The third kappa shape index (κ3) is 1.64. The van der Waals surface area contributed by atoms with E-state index in [0.717, 1.165) is 0 Å². The van der Waals surface area contributed by atoms with Crippen LogP contribution in [-0.2, 0) is 0 Å². The van der Waals surface area contributed by atoms with Gasteiger partial charge in [-0.05, 0) is 13.0 Å². The van der Waals surface area contributed by atoms with Crippen molar-refractivity contribution in [1.82, 2.24) is 4.98 Å². The number of alkyl halides is 2. The van der Waals surface area contributed by atoms with Crippen molar-refractivity contribution in [2.75, 3.05) is 5.73 Å². The molecule has 5 heteroatoms. The summed E-state index contributed by atoms with van der Waals surface area (Å²) in [6.45, 7) is 1.64. The first-order valence-corrected chi connectivity index (χ1v) is 3.61. The third-order valence-corrected chi connectivity index (χ3v) is 1.70. The van der Waals surface area contributed by atoms with Crippen LogP contribution in [0.2, 0.25) is 5.02 Å². The number of nitrogen functional groups attached to an aromatic ring is 1. The Morgan fingerprint density at radius 2 is 2.17 bits per heavy atom. The molecule has 0 bridgehead atoms. The molecule has 1 aromatic rings. The third-order valence-electron chi connectivity index (χ3n) is 1.38. The van der Waals surface area contributed by atoms with Crippen molar-refractivity contribution in [3.05, 3.63) is 22.3 Å². The van der Waals surface area contributed by atoms with Crippen LogP contribution in [0.25, 0.3) is 0 Å². The standard InChI is InChI=1S/C7H7ClF2N2/c1-3-2-4(8)5(6(9)10)7(11)12-3/h2,6H,1H3,(H2,11,12). The first kappa shape index (κ1) is 9.19. The highest BCUT2D eigenvalue weighted by molar-refractivity contribution is 6.31. The summed E-state index contributed by atoms with van der Waals surface area (Å²) >= 11 is 5.53. The maximum atomic E-state index is 12.2. The van der Waals surface area contributed by atoms with E-state index in [0.29, 0.717) is 5.69 Å². The van der Waals surface area contributed by atoms with E-state index in [-0.39, 0.29) is 16.4 Å². The molecule has 0 fully saturated rings. The number of aryl methyl sites for hydroxylation is 1. The Hall–Kier alpha value is -0.900. The van der Waals surface area contributed by atoms with Crippen molar-refractivity contribution in [1.29, 1.82) is 0 Å². The number of aromatic nitrogens is 1. The highest BCUT2D eigenvalue weighted by Gasteiger charge is 2.16. The van der Waals surface area contributed by atoms with Crippen LogP contribution in [0.15, 0.2) is 6.07 Å². The minimum absolute atomic E-state index is 0.0324. The lowest BCUT2D eigenvalue weighted by atomic mass is 10.2. The Balaban J connectivity index is 3.28. The van der Waals surface area contributed by atoms with Crippen molar-refractivity contribution in [3.63, 3.8) is 0 Å². The predicted molar refractivity (Wildman–Crippen MR) is 43.4 cm³/mol. The predicted octanol–water partition coefficient (Wildman–Crippen LogP) is 2.56. The van der Waals surface area contributed by atoms with Gasteiger partial charge in [0.2, 0.25) is 0 Å². The zero-order valence-electron chi connectivity index (χ0n) is 6.31. The van der Waals surface area contributed by atoms with Gasteiger partial charge >= 0.3 is 0 Å². The molecule has 0 aliphatic heterocycles. The monoisotopic (exact) mass is 192 g/mol. The summed E-state index contributed by atoms with van der Waals surface area (Å²) in [6, 6.07) is 1.36. The van der Waals surface area contributed by atoms with Crippen molar-refractivity contribution in [2.24, 2.45) is 0 Å². The van der Waals surface area contributed by atoms with E-state index in [2.05, 4.69) is 4.98 Å². The van der Waals surface area contributed by atoms with Crippen LogP contribution in [0.5, 0.6) is 0 Å². The molecule has 0 aromatic carbocycles. The van der Waals surface area contributed by atoms with Crippen LogP contribution < -0.4 is 5.73 Å². The zero-order valence-corrected chi connectivity index (χ0v) is 7.07. The Morgan fingerprint density at radius 1 is 1.58 bits per heavy atom. The first-order chi connectivity index (χ1) is 5.52. The molecule has 2 N–H and O–H groups in total. The van der Waals surface area contributed by atoms with Crippen LogP contribution in [-0.4, -0.2) is 4.98 Å². The van der Waals surface area contributed by atoms with Crippen molar-refractivity contribution < 1.29 is 8.78 Å². The van der Waals surface area contributed by atoms with E-state index in [1.807, 2.05) is 0 Å². The van der Waals surface area contributed by atoms with Crippen LogP contribution in [0.1, 0.15) is 17.7 Å². The number of nitrogens with two attached hydrogens (primary N) is 1. The van der Waals surface area contributed by atoms with E-state index >= 15 is 0 Å². The van der Waals surface area contributed by atoms with Crippen molar-refractivity contribution in [3.8, 4) is 0 Å². The van der Waals surface area contributed by atoms with Gasteiger partial charge in [-0.15, -0.1) is 0 Å². The van der Waals surface area contributed by atoms with Crippen LogP contribution in [0.4, 0.5) is 14.6 Å². The molecular formula is C7H7ClF2N2. The molecule has 1 heterocycles. The topological polar surface area (TPSA) is 38.9 Å². The van der Waals surface area contributed by atoms with Gasteiger partial charge in [0.25, 0.3) is 6.43 Å². The summed E-state index contributed by atoms with van der Waals surface area (Å²) in [4.78, 5) is 3.67. The molecule has 0 unspecified atom stereocenters. The Labute approximate surface area is 73.4 Å². The largest absolute Gasteiger partial charge is 0.383 e. The molecule has 0 aliphatic rings. The normalized spacial score (nSPS) is 10.8. The minimum Gasteiger partial charge on any atom is -0.383 e. The van der Waals surface area contributed by atoms with Gasteiger partial charge in [0, 0.05) is 5.69 Å². The fraction of sp³-hybridized carbons (Fsp3) is 0.286. The first-order valence-electron chi connectivity index (χ1n) is 3.23. The Kier molecular flexibility index (Phi) is 2.47. The lowest BCUT2D eigenvalue weighted by Gasteiger charge is -2.06. The fourth-order valence-electron chi connectivity index (χ4n) is 0.882. The number of rotatable bonds is 1. The van der Waals surface area contributed by atoms with E-state index in [1.165, 1.54) is 6.07 Å². The smallest absolute Gasteiger partial charge is 0.268 e. The molecule has 0 saturated carbocycles. The van der Waals surface area contributed by atoms with Crippen LogP contribution in [0.3, 0.4) is 0 Å². The summed E-state index contributed by atoms with van der Waals surface area (Å²) in [5, 5.41) is -0.0324. The number of hydrogen-bond donors (Lipinski definition) is 1. The number of anilines is 1. The summed E-state index contributed by atoms with van der Waals surface area (Å²) in [5.74, 6) is -0.199. The lowest BCUT2D eigenvalue weighted by molar-refractivity contribution is 0.152. The molecule has 12 heavy (non-hydrogen) atoms. The quantitative estimate of drug-likeness (QED) is 0.743. The molecule has 0 atom stereocenters. The van der Waals surface area contributed by atoms with Crippen molar-refractivity contribution >= 4 is 17.4 Å². The number of pyridine rings is 1. The maximum Gasteiger partial charge on any atom is 0.268 e. The summed E-state index contributed by atoms with van der Waals surface area (Å²) in [6.07, 6.45) is -2.68.